The highest BCUT2D eigenvalue weighted by Crippen LogP contribution is 2.11. The van der Waals surface area contributed by atoms with E-state index in [9.17, 15) is 0 Å². The van der Waals surface area contributed by atoms with Crippen molar-refractivity contribution in [3.8, 4) is 6.07 Å². The molecule has 0 N–H and O–H groups in total. The summed E-state index contributed by atoms with van der Waals surface area (Å²) in [5.41, 5.74) is 2.01. The largest absolute Gasteiger partial charge is 0.296 e. The van der Waals surface area contributed by atoms with Gasteiger partial charge in [-0.05, 0) is 37.5 Å². The van der Waals surface area contributed by atoms with Crippen molar-refractivity contribution in [2.45, 2.75) is 40.3 Å². The number of hydrogen-bond acceptors (Lipinski definition) is 2. The lowest BCUT2D eigenvalue weighted by atomic mass is 10.1. The second-order valence-corrected chi connectivity index (χ2v) is 5.23. The van der Waals surface area contributed by atoms with E-state index < -0.39 is 0 Å². The molecule has 0 unspecified atom stereocenters. The molecule has 2 nitrogen and oxygen atoms in total. The Kier molecular flexibility index (Phi) is 5.18. The molecular weight excluding hydrogens is 208 g/mol. The molecule has 0 fully saturated rings. The fourth-order valence-corrected chi connectivity index (χ4v) is 1.85. The SMILES string of the molecule is CC(C)CN(Cc1ccc(C#N)cc1)C(C)C. The molecule has 0 bridgehead atoms. The van der Waals surface area contributed by atoms with Gasteiger partial charge in [-0.1, -0.05) is 26.0 Å². The molecule has 0 spiro atoms. The van der Waals surface area contributed by atoms with Crippen molar-refractivity contribution in [1.82, 2.24) is 4.90 Å². The lowest BCUT2D eigenvalue weighted by Crippen LogP contribution is -2.33. The monoisotopic (exact) mass is 230 g/mol. The fourth-order valence-electron chi connectivity index (χ4n) is 1.85. The minimum absolute atomic E-state index is 0.549. The summed E-state index contributed by atoms with van der Waals surface area (Å²) in [6.07, 6.45) is 0. The molecule has 17 heavy (non-hydrogen) atoms. The zero-order valence-electron chi connectivity index (χ0n) is 11.3. The zero-order valence-corrected chi connectivity index (χ0v) is 11.3. The molecule has 2 heteroatoms. The average molecular weight is 230 g/mol. The molecule has 0 aliphatic heterocycles. The lowest BCUT2D eigenvalue weighted by Gasteiger charge is -2.28. The van der Waals surface area contributed by atoms with E-state index in [0.717, 1.165) is 18.7 Å². The highest BCUT2D eigenvalue weighted by atomic mass is 15.1. The van der Waals surface area contributed by atoms with E-state index in [1.807, 2.05) is 24.3 Å². The van der Waals surface area contributed by atoms with Gasteiger partial charge in [-0.15, -0.1) is 0 Å². The maximum absolute atomic E-state index is 8.76. The molecule has 1 aromatic rings. The molecule has 1 rings (SSSR count). The van der Waals surface area contributed by atoms with Gasteiger partial charge in [0.25, 0.3) is 0 Å². The Hall–Kier alpha value is -1.33. The number of hydrogen-bond donors (Lipinski definition) is 0. The summed E-state index contributed by atoms with van der Waals surface area (Å²) in [4.78, 5) is 2.46. The first kappa shape index (κ1) is 13.7. The van der Waals surface area contributed by atoms with Crippen molar-refractivity contribution in [3.05, 3.63) is 35.4 Å². The Labute approximate surface area is 105 Å². The van der Waals surface area contributed by atoms with Crippen LogP contribution in [0, 0.1) is 17.2 Å². The third-order valence-electron chi connectivity index (χ3n) is 2.80. The van der Waals surface area contributed by atoms with Crippen LogP contribution in [0.5, 0.6) is 0 Å². The van der Waals surface area contributed by atoms with Crippen molar-refractivity contribution >= 4 is 0 Å². The number of benzene rings is 1. The molecule has 92 valence electrons. The summed E-state index contributed by atoms with van der Waals surface area (Å²) in [5.74, 6) is 0.677. The Morgan fingerprint density at radius 3 is 2.12 bits per heavy atom. The van der Waals surface area contributed by atoms with Gasteiger partial charge < -0.3 is 0 Å². The zero-order chi connectivity index (χ0) is 12.8. The van der Waals surface area contributed by atoms with Crippen LogP contribution in [0.15, 0.2) is 24.3 Å². The van der Waals surface area contributed by atoms with Crippen molar-refractivity contribution in [1.29, 1.82) is 5.26 Å². The molecule has 1 aromatic carbocycles. The molecule has 0 aliphatic carbocycles. The van der Waals surface area contributed by atoms with Crippen LogP contribution >= 0.6 is 0 Å². The van der Waals surface area contributed by atoms with Gasteiger partial charge in [-0.25, -0.2) is 0 Å². The van der Waals surface area contributed by atoms with E-state index in [1.54, 1.807) is 0 Å². The van der Waals surface area contributed by atoms with E-state index in [0.29, 0.717) is 12.0 Å². The Balaban J connectivity index is 2.69. The maximum Gasteiger partial charge on any atom is 0.0991 e. The molecule has 0 heterocycles. The standard InChI is InChI=1S/C15H22N2/c1-12(2)10-17(13(3)4)11-15-7-5-14(9-16)6-8-15/h5-8,12-13H,10-11H2,1-4H3. The third kappa shape index (κ3) is 4.58. The van der Waals surface area contributed by atoms with Crippen LogP contribution in [0.25, 0.3) is 0 Å². The van der Waals surface area contributed by atoms with E-state index in [-0.39, 0.29) is 0 Å². The lowest BCUT2D eigenvalue weighted by molar-refractivity contribution is 0.189. The maximum atomic E-state index is 8.76. The van der Waals surface area contributed by atoms with E-state index in [1.165, 1.54) is 5.56 Å². The minimum Gasteiger partial charge on any atom is -0.296 e. The normalized spacial score (nSPS) is 11.2. The van der Waals surface area contributed by atoms with Gasteiger partial charge in [-0.2, -0.15) is 5.26 Å². The van der Waals surface area contributed by atoms with Gasteiger partial charge in [0.2, 0.25) is 0 Å². The van der Waals surface area contributed by atoms with Gasteiger partial charge >= 0.3 is 0 Å². The summed E-state index contributed by atoms with van der Waals surface area (Å²) in [6, 6.07) is 10.6. The Morgan fingerprint density at radius 1 is 1.12 bits per heavy atom. The summed E-state index contributed by atoms with van der Waals surface area (Å²) in [7, 11) is 0. The highest BCUT2D eigenvalue weighted by molar-refractivity contribution is 5.31. The van der Waals surface area contributed by atoms with Crippen LogP contribution in [-0.2, 0) is 6.54 Å². The molecule has 0 atom stereocenters. The van der Waals surface area contributed by atoms with E-state index >= 15 is 0 Å². The summed E-state index contributed by atoms with van der Waals surface area (Å²) >= 11 is 0. The molecule has 0 aliphatic rings. The predicted molar refractivity (Wildman–Crippen MR) is 71.5 cm³/mol. The molecule has 0 saturated heterocycles. The predicted octanol–water partition coefficient (Wildman–Crippen LogP) is 3.42. The van der Waals surface area contributed by atoms with Crippen molar-refractivity contribution in [3.63, 3.8) is 0 Å². The number of nitriles is 1. The minimum atomic E-state index is 0.549. The van der Waals surface area contributed by atoms with Crippen LogP contribution in [0.3, 0.4) is 0 Å². The van der Waals surface area contributed by atoms with E-state index in [2.05, 4.69) is 38.7 Å². The summed E-state index contributed by atoms with van der Waals surface area (Å²) in [5, 5.41) is 8.76. The number of rotatable bonds is 5. The average Bonchev–Trinajstić information content (AvgIpc) is 2.28. The number of nitrogens with zero attached hydrogens (tertiary/aromatic N) is 2. The smallest absolute Gasteiger partial charge is 0.0991 e. The second kappa shape index (κ2) is 6.42. The topological polar surface area (TPSA) is 27.0 Å². The highest BCUT2D eigenvalue weighted by Gasteiger charge is 2.11. The second-order valence-electron chi connectivity index (χ2n) is 5.23. The molecule has 0 saturated carbocycles. The Bertz CT molecular complexity index is 371. The van der Waals surface area contributed by atoms with Crippen molar-refractivity contribution in [2.75, 3.05) is 6.54 Å². The van der Waals surface area contributed by atoms with Crippen LogP contribution < -0.4 is 0 Å². The van der Waals surface area contributed by atoms with Gasteiger partial charge in [-0.3, -0.25) is 4.90 Å². The summed E-state index contributed by atoms with van der Waals surface area (Å²) < 4.78 is 0. The Morgan fingerprint density at radius 2 is 1.71 bits per heavy atom. The van der Waals surface area contributed by atoms with Crippen molar-refractivity contribution < 1.29 is 0 Å². The molecule has 0 amide bonds. The molecule has 0 radical (unpaired) electrons. The van der Waals surface area contributed by atoms with Crippen LogP contribution in [0.2, 0.25) is 0 Å². The van der Waals surface area contributed by atoms with Crippen LogP contribution in [-0.4, -0.2) is 17.5 Å². The first-order valence-electron chi connectivity index (χ1n) is 6.26. The van der Waals surface area contributed by atoms with Gasteiger partial charge in [0.05, 0.1) is 11.6 Å². The third-order valence-corrected chi connectivity index (χ3v) is 2.80. The van der Waals surface area contributed by atoms with Crippen LogP contribution in [0.4, 0.5) is 0 Å². The van der Waals surface area contributed by atoms with E-state index in [4.69, 9.17) is 5.26 Å². The van der Waals surface area contributed by atoms with Gasteiger partial charge in [0.15, 0.2) is 0 Å². The molecular formula is C15H22N2. The fraction of sp³-hybridized carbons (Fsp3) is 0.533. The first-order chi connectivity index (χ1) is 8.02. The first-order valence-corrected chi connectivity index (χ1v) is 6.26. The van der Waals surface area contributed by atoms with Gasteiger partial charge in [0, 0.05) is 19.1 Å². The van der Waals surface area contributed by atoms with Gasteiger partial charge in [0.1, 0.15) is 0 Å². The summed E-state index contributed by atoms with van der Waals surface area (Å²) in [6.45, 7) is 11.0. The quantitative estimate of drug-likeness (QED) is 0.775. The van der Waals surface area contributed by atoms with Crippen LogP contribution in [0.1, 0.15) is 38.8 Å². The van der Waals surface area contributed by atoms with Crippen molar-refractivity contribution in [2.24, 2.45) is 5.92 Å². The molecule has 0 aromatic heterocycles.